The van der Waals surface area contributed by atoms with Gasteiger partial charge < -0.3 is 9.51 Å². The fourth-order valence-electron chi connectivity index (χ4n) is 1.33. The van der Waals surface area contributed by atoms with E-state index in [1.165, 1.54) is 23.0 Å². The van der Waals surface area contributed by atoms with E-state index < -0.39 is 12.4 Å². The number of fused-ring (bicyclic) bond motifs is 1. The van der Waals surface area contributed by atoms with E-state index >= 15 is 0 Å². The van der Waals surface area contributed by atoms with Gasteiger partial charge >= 0.3 is 5.97 Å². The smallest absolute Gasteiger partial charge is 0.339 e. The minimum Gasteiger partial charge on any atom is -0.478 e. The Morgan fingerprint density at radius 3 is 2.87 bits per heavy atom. The number of rotatable bonds is 2. The molecule has 0 aromatic carbocycles. The average molecular weight is 212 g/mol. The highest BCUT2D eigenvalue weighted by Crippen LogP contribution is 2.21. The molecule has 15 heavy (non-hydrogen) atoms. The van der Waals surface area contributed by atoms with Gasteiger partial charge in [0.15, 0.2) is 5.65 Å². The number of aromatic nitrogens is 2. The number of hydrogen-bond acceptors (Lipinski definition) is 2. The van der Waals surface area contributed by atoms with E-state index in [0.717, 1.165) is 6.07 Å². The van der Waals surface area contributed by atoms with Crippen molar-refractivity contribution in [3.63, 3.8) is 0 Å². The highest BCUT2D eigenvalue weighted by molar-refractivity contribution is 5.94. The summed E-state index contributed by atoms with van der Waals surface area (Å²) in [6.07, 6.45) is 1.25. The summed E-state index contributed by atoms with van der Waals surface area (Å²) in [5.74, 6) is -1.27. The molecule has 0 aliphatic carbocycles. The van der Waals surface area contributed by atoms with E-state index in [2.05, 4.69) is 4.98 Å². The zero-order chi connectivity index (χ0) is 11.0. The van der Waals surface area contributed by atoms with Gasteiger partial charge in [-0.1, -0.05) is 0 Å². The number of nitrogens with zero attached hydrogens (tertiary/aromatic N) is 2. The van der Waals surface area contributed by atoms with Crippen LogP contribution in [0.4, 0.5) is 8.78 Å². The zero-order valence-corrected chi connectivity index (χ0v) is 7.39. The lowest BCUT2D eigenvalue weighted by molar-refractivity contribution is 0.0698. The van der Waals surface area contributed by atoms with Crippen LogP contribution in [0.1, 0.15) is 22.3 Å². The SMILES string of the molecule is O=C(O)c1cc(C(F)F)cn2ccnc12. The molecule has 0 saturated heterocycles. The molecule has 2 aromatic rings. The molecule has 0 radical (unpaired) electrons. The summed E-state index contributed by atoms with van der Waals surface area (Å²) in [6, 6.07) is 0.940. The van der Waals surface area contributed by atoms with Crippen molar-refractivity contribution in [2.45, 2.75) is 6.43 Å². The molecule has 2 aromatic heterocycles. The predicted molar refractivity (Wildman–Crippen MR) is 47.1 cm³/mol. The topological polar surface area (TPSA) is 54.6 Å². The van der Waals surface area contributed by atoms with Crippen LogP contribution in [0.3, 0.4) is 0 Å². The standard InChI is InChI=1S/C9H6F2N2O2/c10-7(11)5-3-6(9(14)15)8-12-1-2-13(8)4-5/h1-4,7H,(H,14,15). The minimum absolute atomic E-state index is 0.159. The van der Waals surface area contributed by atoms with Crippen LogP contribution in [0.5, 0.6) is 0 Å². The first-order chi connectivity index (χ1) is 7.09. The van der Waals surface area contributed by atoms with Gasteiger partial charge in [0.05, 0.1) is 0 Å². The summed E-state index contributed by atoms with van der Waals surface area (Å²) < 4.78 is 26.1. The molecule has 0 atom stereocenters. The number of aromatic carboxylic acids is 1. The molecule has 78 valence electrons. The Kier molecular flexibility index (Phi) is 2.11. The maximum Gasteiger partial charge on any atom is 0.339 e. The first-order valence-corrected chi connectivity index (χ1v) is 4.07. The van der Waals surface area contributed by atoms with Crippen molar-refractivity contribution in [3.05, 3.63) is 35.8 Å². The monoisotopic (exact) mass is 212 g/mol. The van der Waals surface area contributed by atoms with Gasteiger partial charge in [0, 0.05) is 24.2 Å². The molecular formula is C9H6F2N2O2. The molecule has 2 heterocycles. The number of hydrogen-bond donors (Lipinski definition) is 1. The van der Waals surface area contributed by atoms with Gasteiger partial charge in [-0.3, -0.25) is 0 Å². The highest BCUT2D eigenvalue weighted by atomic mass is 19.3. The first kappa shape index (κ1) is 9.57. The van der Waals surface area contributed by atoms with Crippen molar-refractivity contribution in [2.75, 3.05) is 0 Å². The van der Waals surface area contributed by atoms with Gasteiger partial charge in [0.2, 0.25) is 0 Å². The number of pyridine rings is 1. The maximum atomic E-state index is 12.4. The Hall–Kier alpha value is -1.98. The molecule has 0 saturated carbocycles. The minimum atomic E-state index is -2.70. The zero-order valence-electron chi connectivity index (χ0n) is 7.39. The maximum absolute atomic E-state index is 12.4. The molecule has 1 N–H and O–H groups in total. The van der Waals surface area contributed by atoms with Gasteiger partial charge in [0.1, 0.15) is 5.56 Å². The Balaban J connectivity index is 2.74. The summed E-state index contributed by atoms with van der Waals surface area (Å²) >= 11 is 0. The normalized spacial score (nSPS) is 11.1. The lowest BCUT2D eigenvalue weighted by Crippen LogP contribution is -2.03. The quantitative estimate of drug-likeness (QED) is 0.827. The molecule has 0 amide bonds. The molecule has 0 aliphatic rings. The van der Waals surface area contributed by atoms with Crippen molar-refractivity contribution in [3.8, 4) is 0 Å². The van der Waals surface area contributed by atoms with E-state index in [-0.39, 0.29) is 16.8 Å². The molecular weight excluding hydrogens is 206 g/mol. The number of carboxylic acids is 1. The molecule has 0 bridgehead atoms. The fraction of sp³-hybridized carbons (Fsp3) is 0.111. The third kappa shape index (κ3) is 1.54. The summed E-state index contributed by atoms with van der Waals surface area (Å²) in [5.41, 5.74) is -0.400. The second-order valence-electron chi connectivity index (χ2n) is 2.95. The Morgan fingerprint density at radius 1 is 1.53 bits per heavy atom. The Bertz CT molecular complexity index is 522. The second kappa shape index (κ2) is 3.30. The van der Waals surface area contributed by atoms with Crippen LogP contribution < -0.4 is 0 Å². The molecule has 0 unspecified atom stereocenters. The summed E-state index contributed by atoms with van der Waals surface area (Å²) in [6.45, 7) is 0. The van der Waals surface area contributed by atoms with Crippen LogP contribution in [-0.2, 0) is 0 Å². The predicted octanol–water partition coefficient (Wildman–Crippen LogP) is 1.97. The highest BCUT2D eigenvalue weighted by Gasteiger charge is 2.16. The third-order valence-corrected chi connectivity index (χ3v) is 1.99. The molecule has 2 rings (SSSR count). The lowest BCUT2D eigenvalue weighted by Gasteiger charge is -2.04. The molecule has 6 heteroatoms. The van der Waals surface area contributed by atoms with Crippen LogP contribution >= 0.6 is 0 Å². The van der Waals surface area contributed by atoms with Crippen molar-refractivity contribution in [1.29, 1.82) is 0 Å². The lowest BCUT2D eigenvalue weighted by atomic mass is 10.2. The molecule has 0 spiro atoms. The van der Waals surface area contributed by atoms with Crippen LogP contribution in [0.2, 0.25) is 0 Å². The Morgan fingerprint density at radius 2 is 2.27 bits per heavy atom. The van der Waals surface area contributed by atoms with E-state index in [1.54, 1.807) is 0 Å². The van der Waals surface area contributed by atoms with Crippen molar-refractivity contribution in [2.24, 2.45) is 0 Å². The van der Waals surface area contributed by atoms with E-state index in [9.17, 15) is 13.6 Å². The fourth-order valence-corrected chi connectivity index (χ4v) is 1.33. The number of imidazole rings is 1. The summed E-state index contributed by atoms with van der Waals surface area (Å²) in [7, 11) is 0. The van der Waals surface area contributed by atoms with Crippen LogP contribution in [0.25, 0.3) is 5.65 Å². The van der Waals surface area contributed by atoms with Gasteiger partial charge in [-0.25, -0.2) is 18.6 Å². The number of alkyl halides is 2. The number of halogens is 2. The first-order valence-electron chi connectivity index (χ1n) is 4.07. The molecule has 0 aliphatic heterocycles. The number of carbonyl (C=O) groups is 1. The van der Waals surface area contributed by atoms with Gasteiger partial charge in [-0.2, -0.15) is 0 Å². The molecule has 4 nitrogen and oxygen atoms in total. The summed E-state index contributed by atoms with van der Waals surface area (Å²) in [4.78, 5) is 14.6. The van der Waals surface area contributed by atoms with Gasteiger partial charge in [-0.15, -0.1) is 0 Å². The summed E-state index contributed by atoms with van der Waals surface area (Å²) in [5, 5.41) is 8.81. The largest absolute Gasteiger partial charge is 0.478 e. The van der Waals surface area contributed by atoms with E-state index in [0.29, 0.717) is 0 Å². The van der Waals surface area contributed by atoms with Crippen LogP contribution in [-0.4, -0.2) is 20.5 Å². The second-order valence-corrected chi connectivity index (χ2v) is 2.95. The van der Waals surface area contributed by atoms with Crippen molar-refractivity contribution < 1.29 is 18.7 Å². The third-order valence-electron chi connectivity index (χ3n) is 1.99. The number of carboxylic acid groups (broad SMARTS) is 1. The molecule has 0 fully saturated rings. The van der Waals surface area contributed by atoms with E-state index in [1.807, 2.05) is 0 Å². The van der Waals surface area contributed by atoms with E-state index in [4.69, 9.17) is 5.11 Å². The average Bonchev–Trinajstić information content (AvgIpc) is 2.62. The van der Waals surface area contributed by atoms with Gasteiger partial charge in [0.25, 0.3) is 6.43 Å². The van der Waals surface area contributed by atoms with Crippen molar-refractivity contribution >= 4 is 11.6 Å². The van der Waals surface area contributed by atoms with Gasteiger partial charge in [-0.05, 0) is 6.07 Å². The Labute approximate surface area is 82.8 Å². The van der Waals surface area contributed by atoms with Crippen LogP contribution in [0, 0.1) is 0 Å². The van der Waals surface area contributed by atoms with Crippen molar-refractivity contribution in [1.82, 2.24) is 9.38 Å². The van der Waals surface area contributed by atoms with Crippen LogP contribution in [0.15, 0.2) is 24.7 Å².